The molecule has 2 atom stereocenters. The molecule has 2 aromatic carbocycles. The molecule has 0 fully saturated rings. The van der Waals surface area contributed by atoms with Gasteiger partial charge in [-0.1, -0.05) is 36.4 Å². The lowest BCUT2D eigenvalue weighted by Gasteiger charge is -2.43. The third kappa shape index (κ3) is 4.07. The number of ether oxygens (including phenoxy) is 1. The third-order valence-corrected chi connectivity index (χ3v) is 6.35. The van der Waals surface area contributed by atoms with Gasteiger partial charge >= 0.3 is 0 Å². The summed E-state index contributed by atoms with van der Waals surface area (Å²) in [6, 6.07) is 9.67. The molecule has 0 radical (unpaired) electrons. The highest BCUT2D eigenvalue weighted by Crippen LogP contribution is 2.51. The summed E-state index contributed by atoms with van der Waals surface area (Å²) >= 11 is 6.07. The Balaban J connectivity index is 1.87. The fraction of sp³-hybridized carbons (Fsp3) is 0.231. The number of fused-ring (bicyclic) bond motifs is 2. The maximum Gasteiger partial charge on any atom is 0.261 e. The first-order chi connectivity index (χ1) is 16.1. The molecule has 0 bridgehead atoms. The maximum absolute atomic E-state index is 14.0. The van der Waals surface area contributed by atoms with E-state index in [4.69, 9.17) is 27.8 Å². The van der Waals surface area contributed by atoms with E-state index in [0.717, 1.165) is 5.57 Å². The topological polar surface area (TPSA) is 93.9 Å². The monoisotopic (exact) mass is 480 g/mol. The van der Waals surface area contributed by atoms with Crippen LogP contribution in [0.1, 0.15) is 25.3 Å². The van der Waals surface area contributed by atoms with Crippen molar-refractivity contribution in [1.82, 2.24) is 4.90 Å². The van der Waals surface area contributed by atoms with Crippen LogP contribution in [0.5, 0.6) is 5.75 Å². The first-order valence-electron chi connectivity index (χ1n) is 10.7. The Kier molecular flexibility index (Phi) is 6.00. The van der Waals surface area contributed by atoms with Crippen molar-refractivity contribution in [2.75, 3.05) is 7.05 Å². The lowest BCUT2D eigenvalue weighted by Crippen LogP contribution is -2.50. The number of nitrogens with zero attached hydrogens (tertiary/aromatic N) is 2. The highest BCUT2D eigenvalue weighted by atomic mass is 35.5. The summed E-state index contributed by atoms with van der Waals surface area (Å²) < 4.78 is 20.5. The quantitative estimate of drug-likeness (QED) is 0.609. The molecule has 8 heteroatoms. The maximum atomic E-state index is 14.0. The van der Waals surface area contributed by atoms with Crippen LogP contribution < -0.4 is 16.2 Å². The number of likely N-dealkylation sites (N-methyl/N-ethyl adjacent to an activating group) is 1. The molecule has 4 N–H and O–H groups in total. The summed E-state index contributed by atoms with van der Waals surface area (Å²) in [5, 5.41) is 0.277. The van der Waals surface area contributed by atoms with E-state index in [1.165, 1.54) is 23.2 Å². The summed E-state index contributed by atoms with van der Waals surface area (Å²) in [5.74, 6) is -0.0657. The summed E-state index contributed by atoms with van der Waals surface area (Å²) in [7, 11) is 1.60. The number of benzene rings is 2. The van der Waals surface area contributed by atoms with Crippen molar-refractivity contribution in [1.29, 1.82) is 0 Å². The average Bonchev–Trinajstić information content (AvgIpc) is 2.96. The van der Waals surface area contributed by atoms with Crippen molar-refractivity contribution in [3.05, 3.63) is 89.4 Å². The number of amides is 1. The summed E-state index contributed by atoms with van der Waals surface area (Å²) in [5.41, 5.74) is 12.4. The average molecular weight is 481 g/mol. The Labute approximate surface area is 203 Å². The van der Waals surface area contributed by atoms with Crippen LogP contribution in [-0.2, 0) is 10.3 Å². The fourth-order valence-corrected chi connectivity index (χ4v) is 4.97. The van der Waals surface area contributed by atoms with E-state index < -0.39 is 17.0 Å². The first kappa shape index (κ1) is 23.6. The minimum Gasteiger partial charge on any atom is -0.487 e. The number of rotatable bonds is 5. The van der Waals surface area contributed by atoms with Crippen molar-refractivity contribution in [2.24, 2.45) is 16.5 Å². The molecule has 0 saturated heterocycles. The highest BCUT2D eigenvalue weighted by Gasteiger charge is 2.56. The van der Waals surface area contributed by atoms with E-state index in [-0.39, 0.29) is 23.3 Å². The van der Waals surface area contributed by atoms with Crippen LogP contribution >= 0.6 is 11.6 Å². The first-order valence-corrected chi connectivity index (χ1v) is 11.1. The van der Waals surface area contributed by atoms with Gasteiger partial charge in [-0.15, -0.1) is 0 Å². The number of halogens is 2. The molecule has 0 aliphatic carbocycles. The van der Waals surface area contributed by atoms with Gasteiger partial charge in [-0.25, -0.2) is 9.38 Å². The van der Waals surface area contributed by atoms with Crippen molar-refractivity contribution in [3.63, 3.8) is 0 Å². The number of nitrogens with two attached hydrogens (primary N) is 2. The molecule has 34 heavy (non-hydrogen) atoms. The zero-order chi connectivity index (χ0) is 24.7. The molecule has 2 heterocycles. The molecule has 1 spiro atoms. The fourth-order valence-electron chi connectivity index (χ4n) is 4.75. The zero-order valence-corrected chi connectivity index (χ0v) is 19.8. The lowest BCUT2D eigenvalue weighted by atomic mass is 9.74. The van der Waals surface area contributed by atoms with Crippen LogP contribution in [-0.4, -0.2) is 29.4 Å². The normalized spacial score (nSPS) is 24.4. The van der Waals surface area contributed by atoms with Crippen LogP contribution in [0.4, 0.5) is 4.39 Å². The van der Waals surface area contributed by atoms with E-state index in [1.54, 1.807) is 43.5 Å². The molecule has 2 aliphatic heterocycles. The van der Waals surface area contributed by atoms with Gasteiger partial charge in [-0.05, 0) is 66.2 Å². The van der Waals surface area contributed by atoms with Gasteiger partial charge < -0.3 is 16.2 Å². The predicted molar refractivity (Wildman–Crippen MR) is 133 cm³/mol. The van der Waals surface area contributed by atoms with Gasteiger partial charge in [-0.2, -0.15) is 0 Å². The smallest absolute Gasteiger partial charge is 0.261 e. The predicted octanol–water partition coefficient (Wildman–Crippen LogP) is 4.64. The standard InChI is InChI=1S/C26H26ClFN4O2/c1-4-5-16(8-9-29)14-25(2)15-26(23(33)32(3)24(30)31-26)21-12-17(6-7-22(21)34-25)18-10-19(27)13-20(28)11-18/h4-13H,1,14-15,29H2,2-3H3,(H2,30,31)/b9-8-,16-5+/t25-,26?/m1/s1. The Morgan fingerprint density at radius 3 is 2.71 bits per heavy atom. The highest BCUT2D eigenvalue weighted by molar-refractivity contribution is 6.30. The molecule has 4 rings (SSSR count). The van der Waals surface area contributed by atoms with Gasteiger partial charge in [0.2, 0.25) is 0 Å². The molecule has 6 nitrogen and oxygen atoms in total. The number of carbonyl (C=O) groups excluding carboxylic acids is 1. The Morgan fingerprint density at radius 2 is 2.09 bits per heavy atom. The lowest BCUT2D eigenvalue weighted by molar-refractivity contribution is -0.133. The van der Waals surface area contributed by atoms with Crippen molar-refractivity contribution in [3.8, 4) is 16.9 Å². The van der Waals surface area contributed by atoms with E-state index in [2.05, 4.69) is 11.6 Å². The number of aliphatic imine (C=N–C) groups is 1. The Hall–Kier alpha value is -3.58. The summed E-state index contributed by atoms with van der Waals surface area (Å²) in [6.07, 6.45) is 7.45. The number of hydrogen-bond acceptors (Lipinski definition) is 5. The van der Waals surface area contributed by atoms with Gasteiger partial charge in [-0.3, -0.25) is 9.69 Å². The molecule has 176 valence electrons. The van der Waals surface area contributed by atoms with Crippen molar-refractivity contribution in [2.45, 2.75) is 30.9 Å². The summed E-state index contributed by atoms with van der Waals surface area (Å²) in [6.45, 7) is 5.69. The number of hydrogen-bond donors (Lipinski definition) is 2. The minimum atomic E-state index is -1.28. The molecule has 0 saturated carbocycles. The molecular weight excluding hydrogens is 455 g/mol. The van der Waals surface area contributed by atoms with E-state index in [9.17, 15) is 9.18 Å². The zero-order valence-electron chi connectivity index (χ0n) is 19.0. The van der Waals surface area contributed by atoms with Crippen LogP contribution in [0.2, 0.25) is 5.02 Å². The SMILES string of the molecule is C=C/C=C(\C=C/N)C[C@]1(C)CC2(N=C(N)N(C)C2=O)c2cc(-c3cc(F)cc(Cl)c3)ccc2O1. The van der Waals surface area contributed by atoms with E-state index in [1.807, 2.05) is 13.0 Å². The second-order valence-corrected chi connectivity index (χ2v) is 9.24. The second kappa shape index (κ2) is 8.65. The number of carbonyl (C=O) groups is 1. The van der Waals surface area contributed by atoms with E-state index in [0.29, 0.717) is 28.9 Å². The molecule has 2 aromatic rings. The van der Waals surface area contributed by atoms with Gasteiger partial charge in [0, 0.05) is 30.5 Å². The van der Waals surface area contributed by atoms with Gasteiger partial charge in [0.1, 0.15) is 17.2 Å². The second-order valence-electron chi connectivity index (χ2n) is 8.81. The van der Waals surface area contributed by atoms with Crippen LogP contribution in [0, 0.1) is 5.82 Å². The molecule has 1 unspecified atom stereocenters. The van der Waals surface area contributed by atoms with Crippen molar-refractivity contribution < 1.29 is 13.9 Å². The Morgan fingerprint density at radius 1 is 1.32 bits per heavy atom. The van der Waals surface area contributed by atoms with Gasteiger partial charge in [0.05, 0.1) is 0 Å². The molecular formula is C26H26ClFN4O2. The molecule has 0 aromatic heterocycles. The van der Waals surface area contributed by atoms with Gasteiger partial charge in [0.15, 0.2) is 11.5 Å². The van der Waals surface area contributed by atoms with Crippen LogP contribution in [0.15, 0.2) is 78.0 Å². The Bertz CT molecular complexity index is 1250. The number of guanidine groups is 1. The largest absolute Gasteiger partial charge is 0.487 e. The van der Waals surface area contributed by atoms with Crippen LogP contribution in [0.3, 0.4) is 0 Å². The summed E-state index contributed by atoms with van der Waals surface area (Å²) in [4.78, 5) is 19.6. The van der Waals surface area contributed by atoms with E-state index >= 15 is 0 Å². The van der Waals surface area contributed by atoms with Gasteiger partial charge in [0.25, 0.3) is 5.91 Å². The molecule has 1 amide bonds. The number of allylic oxidation sites excluding steroid dienone is 3. The van der Waals surface area contributed by atoms with Crippen LogP contribution in [0.25, 0.3) is 11.1 Å². The third-order valence-electron chi connectivity index (χ3n) is 6.13. The minimum absolute atomic E-state index is 0.128. The van der Waals surface area contributed by atoms with Crippen molar-refractivity contribution >= 4 is 23.5 Å². The molecule has 2 aliphatic rings.